The summed E-state index contributed by atoms with van der Waals surface area (Å²) in [7, 11) is -3.97. The Labute approximate surface area is 101 Å². The molecule has 0 heterocycles. The summed E-state index contributed by atoms with van der Waals surface area (Å²) in [6.07, 6.45) is 0.944. The van der Waals surface area contributed by atoms with Gasteiger partial charge < -0.3 is 15.1 Å². The number of rotatable bonds is 3. The molecular formula is C7H13MgNO4S. The van der Waals surface area contributed by atoms with Gasteiger partial charge in [-0.2, -0.15) is 0 Å². The van der Waals surface area contributed by atoms with E-state index in [4.69, 9.17) is 5.41 Å². The van der Waals surface area contributed by atoms with E-state index in [1.54, 1.807) is 13.8 Å². The Kier molecular flexibility index (Phi) is 13.1. The molecule has 0 rings (SSSR count). The third-order valence-electron chi connectivity index (χ3n) is 0.723. The van der Waals surface area contributed by atoms with Gasteiger partial charge in [-0.1, -0.05) is 26.5 Å². The van der Waals surface area contributed by atoms with Crippen LogP contribution in [0.15, 0.2) is 12.7 Å². The SMILES string of the molecule is C=CC(=N)[O-].CC(C)CS(=O)(=O)[O-].[Mg+2]. The van der Waals surface area contributed by atoms with Gasteiger partial charge in [-0.3, -0.25) is 0 Å². The maximum Gasteiger partial charge on any atom is 2.00 e. The zero-order chi connectivity index (χ0) is 11.1. The molecule has 0 radical (unpaired) electrons. The Morgan fingerprint density at radius 3 is 1.86 bits per heavy atom. The second-order valence-electron chi connectivity index (χ2n) is 2.69. The molecule has 7 heteroatoms. The van der Waals surface area contributed by atoms with Gasteiger partial charge in [0.2, 0.25) is 0 Å². The Balaban J connectivity index is -0.000000177. The van der Waals surface area contributed by atoms with E-state index in [2.05, 4.69) is 6.58 Å². The molecule has 0 aromatic carbocycles. The fraction of sp³-hybridized carbons (Fsp3) is 0.571. The molecule has 0 bridgehead atoms. The third-order valence-corrected chi connectivity index (χ3v) is 1.80. The maximum absolute atomic E-state index is 9.89. The first-order chi connectivity index (χ1) is 5.69. The molecule has 1 N–H and O–H groups in total. The third kappa shape index (κ3) is 29.7. The minimum atomic E-state index is -3.97. The number of hydrogen-bond acceptors (Lipinski definition) is 5. The largest absolute Gasteiger partial charge is 2.00 e. The molecule has 14 heavy (non-hydrogen) atoms. The van der Waals surface area contributed by atoms with Crippen molar-refractivity contribution in [3.63, 3.8) is 0 Å². The molecule has 0 unspecified atom stereocenters. The summed E-state index contributed by atoms with van der Waals surface area (Å²) in [6.45, 7) is 6.40. The molecule has 0 saturated carbocycles. The van der Waals surface area contributed by atoms with Crippen molar-refractivity contribution in [2.45, 2.75) is 13.8 Å². The van der Waals surface area contributed by atoms with Gasteiger partial charge in [0.25, 0.3) is 0 Å². The van der Waals surface area contributed by atoms with Gasteiger partial charge >= 0.3 is 23.1 Å². The van der Waals surface area contributed by atoms with Crippen LogP contribution in [0.1, 0.15) is 13.8 Å². The van der Waals surface area contributed by atoms with Crippen LogP contribution < -0.4 is 5.11 Å². The molecule has 0 atom stereocenters. The quantitative estimate of drug-likeness (QED) is 0.301. The van der Waals surface area contributed by atoms with Crippen LogP contribution in [0.3, 0.4) is 0 Å². The normalized spacial score (nSPS) is 9.43. The van der Waals surface area contributed by atoms with Gasteiger partial charge in [0.15, 0.2) is 0 Å². The molecule has 0 aromatic heterocycles. The van der Waals surface area contributed by atoms with Crippen molar-refractivity contribution in [2.24, 2.45) is 5.92 Å². The van der Waals surface area contributed by atoms with Gasteiger partial charge in [0, 0.05) is 5.75 Å². The molecule has 0 spiro atoms. The second kappa shape index (κ2) is 9.44. The molecule has 0 aliphatic heterocycles. The van der Waals surface area contributed by atoms with Crippen molar-refractivity contribution in [3.8, 4) is 0 Å². The van der Waals surface area contributed by atoms with Crippen LogP contribution in [0, 0.1) is 11.3 Å². The van der Waals surface area contributed by atoms with Crippen molar-refractivity contribution in [2.75, 3.05) is 5.75 Å². The van der Waals surface area contributed by atoms with Crippen molar-refractivity contribution in [1.82, 2.24) is 0 Å². The van der Waals surface area contributed by atoms with E-state index in [0.717, 1.165) is 6.08 Å². The van der Waals surface area contributed by atoms with Crippen LogP contribution in [-0.4, -0.2) is 47.7 Å². The summed E-state index contributed by atoms with van der Waals surface area (Å²) < 4.78 is 29.7. The maximum atomic E-state index is 9.89. The van der Waals surface area contributed by atoms with Crippen LogP contribution >= 0.6 is 0 Å². The van der Waals surface area contributed by atoms with Crippen LogP contribution in [0.25, 0.3) is 0 Å². The minimum Gasteiger partial charge on any atom is -0.859 e. The standard InChI is InChI=1S/C4H10O3S.C3H5NO.Mg/c1-4(2)3-8(5,6)7;1-2-3(4)5;/h4H,3H2,1-2H3,(H,5,6,7);2H,1H2,(H2,4,5);/q;;+2/p-2. The smallest absolute Gasteiger partial charge is 0.859 e. The average molecular weight is 232 g/mol. The van der Waals surface area contributed by atoms with E-state index in [0.29, 0.717) is 0 Å². The first-order valence-corrected chi connectivity index (χ1v) is 5.08. The van der Waals surface area contributed by atoms with Crippen molar-refractivity contribution in [1.29, 1.82) is 5.41 Å². The molecule has 0 aliphatic carbocycles. The van der Waals surface area contributed by atoms with Gasteiger partial charge in [-0.15, -0.1) is 0 Å². The van der Waals surface area contributed by atoms with E-state index in [1.165, 1.54) is 0 Å². The molecule has 0 aromatic rings. The fourth-order valence-electron chi connectivity index (χ4n) is 0.408. The summed E-state index contributed by atoms with van der Waals surface area (Å²) in [4.78, 5) is 0. The van der Waals surface area contributed by atoms with Gasteiger partial charge in [-0.05, 0) is 11.8 Å². The first-order valence-electron chi connectivity index (χ1n) is 3.50. The topological polar surface area (TPSA) is 104 Å². The van der Waals surface area contributed by atoms with Crippen LogP contribution in [0.4, 0.5) is 0 Å². The average Bonchev–Trinajstić information content (AvgIpc) is 1.83. The van der Waals surface area contributed by atoms with E-state index in [9.17, 15) is 18.1 Å². The summed E-state index contributed by atoms with van der Waals surface area (Å²) in [5, 5.41) is 15.4. The van der Waals surface area contributed by atoms with Crippen molar-refractivity contribution in [3.05, 3.63) is 12.7 Å². The number of hydrogen-bond donors (Lipinski definition) is 1. The Morgan fingerprint density at radius 1 is 1.57 bits per heavy atom. The van der Waals surface area contributed by atoms with Gasteiger partial charge in [0.1, 0.15) is 0 Å². The van der Waals surface area contributed by atoms with Gasteiger partial charge in [-0.25, -0.2) is 8.42 Å². The van der Waals surface area contributed by atoms with Crippen molar-refractivity contribution < 1.29 is 18.1 Å². The summed E-state index contributed by atoms with van der Waals surface area (Å²) in [5.74, 6) is -1.05. The predicted molar refractivity (Wildman–Crippen MR) is 53.1 cm³/mol. The van der Waals surface area contributed by atoms with E-state index in [-0.39, 0.29) is 34.7 Å². The molecule has 78 valence electrons. The van der Waals surface area contributed by atoms with Crippen LogP contribution in [-0.2, 0) is 10.1 Å². The molecule has 0 fully saturated rings. The van der Waals surface area contributed by atoms with Crippen molar-refractivity contribution >= 4 is 39.1 Å². The first kappa shape index (κ1) is 19.5. The molecule has 5 nitrogen and oxygen atoms in total. The van der Waals surface area contributed by atoms with E-state index in [1.807, 2.05) is 0 Å². The molecule has 0 aliphatic rings. The molecular weight excluding hydrogens is 218 g/mol. The Morgan fingerprint density at radius 2 is 1.86 bits per heavy atom. The molecule has 0 saturated heterocycles. The van der Waals surface area contributed by atoms with E-state index >= 15 is 0 Å². The van der Waals surface area contributed by atoms with E-state index < -0.39 is 16.0 Å². The zero-order valence-corrected chi connectivity index (χ0v) is 10.5. The monoisotopic (exact) mass is 231 g/mol. The van der Waals surface area contributed by atoms with Crippen LogP contribution in [0.2, 0.25) is 0 Å². The second-order valence-corrected chi connectivity index (χ2v) is 4.14. The predicted octanol–water partition coefficient (Wildman–Crippen LogP) is -0.683. The zero-order valence-electron chi connectivity index (χ0n) is 8.32. The Hall–Kier alpha value is -0.114. The van der Waals surface area contributed by atoms with Gasteiger partial charge in [0.05, 0.1) is 10.1 Å². The summed E-state index contributed by atoms with van der Waals surface area (Å²) >= 11 is 0. The minimum absolute atomic E-state index is 0. The summed E-state index contributed by atoms with van der Waals surface area (Å²) in [6, 6.07) is 0. The van der Waals surface area contributed by atoms with Crippen LogP contribution in [0.5, 0.6) is 0 Å². The molecule has 0 amide bonds. The summed E-state index contributed by atoms with van der Waals surface area (Å²) in [5.41, 5.74) is 0. The fourth-order valence-corrected chi connectivity index (χ4v) is 1.22. The number of nitrogens with one attached hydrogen (secondary N) is 1. The Bertz CT molecular complexity index is 261.